The highest BCUT2D eigenvalue weighted by Gasteiger charge is 2.30. The van der Waals surface area contributed by atoms with Gasteiger partial charge in [0.1, 0.15) is 16.3 Å². The van der Waals surface area contributed by atoms with Gasteiger partial charge in [0.05, 0.1) is 31.4 Å². The Balaban J connectivity index is 2.23. The van der Waals surface area contributed by atoms with Crippen molar-refractivity contribution in [1.29, 1.82) is 0 Å². The Morgan fingerprint density at radius 1 is 1.32 bits per heavy atom. The van der Waals surface area contributed by atoms with Gasteiger partial charge in [-0.05, 0) is 6.92 Å². The van der Waals surface area contributed by atoms with E-state index >= 15 is 0 Å². The topological polar surface area (TPSA) is 139 Å². The number of esters is 1. The second-order valence-corrected chi connectivity index (χ2v) is 12.1. The van der Waals surface area contributed by atoms with Gasteiger partial charge in [0, 0.05) is 23.8 Å². The van der Waals surface area contributed by atoms with Gasteiger partial charge in [0.25, 0.3) is 0 Å². The first-order valence-corrected chi connectivity index (χ1v) is 14.1. The van der Waals surface area contributed by atoms with E-state index in [0.717, 1.165) is 23.1 Å². The van der Waals surface area contributed by atoms with Gasteiger partial charge in [0.2, 0.25) is 0 Å². The molecule has 0 aliphatic rings. The van der Waals surface area contributed by atoms with Crippen LogP contribution >= 0.6 is 42.4 Å². The Bertz CT molecular complexity index is 1070. The first kappa shape index (κ1) is 28.7. The lowest BCUT2D eigenvalue weighted by Crippen LogP contribution is -2.22. The number of hydrogen-bond donors (Lipinski definition) is 2. The maximum atomic E-state index is 13.6. The Morgan fingerprint density at radius 3 is 2.65 bits per heavy atom. The van der Waals surface area contributed by atoms with Crippen LogP contribution in [0.4, 0.5) is 5.13 Å². The Kier molecular flexibility index (Phi) is 10.5. The summed E-state index contributed by atoms with van der Waals surface area (Å²) in [7, 11) is -2.59. The summed E-state index contributed by atoms with van der Waals surface area (Å²) in [5, 5.41) is 3.17. The molecule has 0 aliphatic heterocycles. The molecule has 1 heterocycles. The summed E-state index contributed by atoms with van der Waals surface area (Å²) in [6.45, 7) is 7.28. The second-order valence-electron chi connectivity index (χ2n) is 7.89. The van der Waals surface area contributed by atoms with Gasteiger partial charge in [-0.1, -0.05) is 55.5 Å². The maximum absolute atomic E-state index is 13.6. The van der Waals surface area contributed by atoms with Crippen LogP contribution in [0.15, 0.2) is 6.07 Å². The number of nitrogens with one attached hydrogen (secondary N) is 1. The first-order valence-electron chi connectivity index (χ1n) is 10.3. The number of ether oxygens (including phenoxy) is 2. The highest BCUT2D eigenvalue weighted by Crippen LogP contribution is 2.50. The van der Waals surface area contributed by atoms with Crippen molar-refractivity contribution >= 4 is 68.9 Å². The van der Waals surface area contributed by atoms with E-state index in [-0.39, 0.29) is 53.7 Å². The molecular formula is C20H29ClN3O7PS2. The van der Waals surface area contributed by atoms with E-state index in [1.807, 2.05) is 20.8 Å². The lowest BCUT2D eigenvalue weighted by molar-refractivity contribution is -0.142. The maximum Gasteiger partial charge on any atom is 0.458 e. The van der Waals surface area contributed by atoms with Crippen LogP contribution in [0.25, 0.3) is 10.2 Å². The molecular weight excluding hydrogens is 525 g/mol. The fourth-order valence-electron chi connectivity index (χ4n) is 2.50. The third-order valence-electron chi connectivity index (χ3n) is 4.12. The monoisotopic (exact) mass is 553 g/mol. The van der Waals surface area contributed by atoms with E-state index in [2.05, 4.69) is 10.1 Å². The summed E-state index contributed by atoms with van der Waals surface area (Å²) >= 11 is 8.54. The highest BCUT2D eigenvalue weighted by molar-refractivity contribution is 8.13. The Morgan fingerprint density at radius 2 is 2.03 bits per heavy atom. The number of methoxy groups -OCH3 is 1. The summed E-state index contributed by atoms with van der Waals surface area (Å²) in [5.74, 6) is 0.147. The number of aromatic nitrogens is 1. The molecule has 10 nitrogen and oxygen atoms in total. The van der Waals surface area contributed by atoms with Crippen molar-refractivity contribution in [2.75, 3.05) is 38.4 Å². The summed E-state index contributed by atoms with van der Waals surface area (Å²) in [6, 6.07) is 1.44. The van der Waals surface area contributed by atoms with Crippen LogP contribution in [0.1, 0.15) is 34.1 Å². The third-order valence-corrected chi connectivity index (χ3v) is 8.33. The van der Waals surface area contributed by atoms with Crippen LogP contribution in [0.3, 0.4) is 0 Å². The van der Waals surface area contributed by atoms with E-state index < -0.39 is 19.1 Å². The van der Waals surface area contributed by atoms with Crippen LogP contribution in [-0.4, -0.2) is 48.7 Å². The smallest absolute Gasteiger partial charge is 0.458 e. The minimum absolute atomic E-state index is 0.0239. The second kappa shape index (κ2) is 12.4. The highest BCUT2D eigenvalue weighted by atomic mass is 35.5. The van der Waals surface area contributed by atoms with Crippen LogP contribution in [0.5, 0.6) is 11.5 Å². The first-order chi connectivity index (χ1) is 15.9. The molecule has 1 aromatic heterocycles. The van der Waals surface area contributed by atoms with Crippen molar-refractivity contribution < 1.29 is 32.7 Å². The van der Waals surface area contributed by atoms with Gasteiger partial charge in [-0.25, -0.2) is 14.6 Å². The molecule has 0 aliphatic carbocycles. The summed E-state index contributed by atoms with van der Waals surface area (Å²) in [4.78, 5) is 28.0. The average molecular weight is 554 g/mol. The number of fused-ring (bicyclic) bond motifs is 1. The number of carbonyl (C=O) groups is 2. The molecule has 1 unspecified atom stereocenters. The summed E-state index contributed by atoms with van der Waals surface area (Å²) < 4.78 is 35.6. The average Bonchev–Trinajstić information content (AvgIpc) is 3.15. The van der Waals surface area contributed by atoms with E-state index in [1.165, 1.54) is 13.2 Å². The molecule has 0 radical (unpaired) electrons. The Labute approximate surface area is 211 Å². The standard InChI is InChI=1S/C20H29ClN3O7PS2/c1-6-29-14(25)7-8-23-32(27,30-9-10-33-18(26)20(2,3)4)31-13-11-12(28-5)15(21)17-16(13)24-19(22)34-17/h11H,6-10H2,1-5H3,(H2,22,24)(H,23,27). The number of hydrogen-bond acceptors (Lipinski definition) is 11. The SMILES string of the molecule is CCOC(=O)CCNP(=O)(OCCSC(=O)C(C)(C)C)Oc1cc(OC)c(Cl)c2sc(N)nc12. The van der Waals surface area contributed by atoms with Crippen molar-refractivity contribution in [3.63, 3.8) is 0 Å². The number of anilines is 1. The number of thiazole rings is 1. The molecule has 0 spiro atoms. The largest absolute Gasteiger partial charge is 0.495 e. The van der Waals surface area contributed by atoms with Crippen LogP contribution in [0.2, 0.25) is 5.02 Å². The molecule has 1 aromatic carbocycles. The van der Waals surface area contributed by atoms with E-state index in [4.69, 9.17) is 35.9 Å². The van der Waals surface area contributed by atoms with Crippen LogP contribution in [0, 0.1) is 5.41 Å². The number of carbonyl (C=O) groups excluding carboxylic acids is 2. The predicted molar refractivity (Wildman–Crippen MR) is 136 cm³/mol. The molecule has 3 N–H and O–H groups in total. The van der Waals surface area contributed by atoms with E-state index in [9.17, 15) is 14.2 Å². The number of nitrogen functional groups attached to an aromatic ring is 1. The minimum atomic E-state index is -4.01. The number of halogens is 1. The van der Waals surface area contributed by atoms with Crippen molar-refractivity contribution in [2.24, 2.45) is 5.41 Å². The molecule has 34 heavy (non-hydrogen) atoms. The van der Waals surface area contributed by atoms with Gasteiger partial charge in [-0.15, -0.1) is 0 Å². The lowest BCUT2D eigenvalue weighted by Gasteiger charge is -2.21. The number of benzene rings is 1. The molecule has 1 atom stereocenters. The molecule has 0 fully saturated rings. The van der Waals surface area contributed by atoms with Crippen molar-refractivity contribution in [3.8, 4) is 11.5 Å². The van der Waals surface area contributed by atoms with Crippen molar-refractivity contribution in [3.05, 3.63) is 11.1 Å². The minimum Gasteiger partial charge on any atom is -0.495 e. The zero-order valence-electron chi connectivity index (χ0n) is 19.6. The number of nitrogens with zero attached hydrogens (tertiary/aromatic N) is 1. The predicted octanol–water partition coefficient (Wildman–Crippen LogP) is 4.89. The fourth-order valence-corrected chi connectivity index (χ4v) is 5.85. The van der Waals surface area contributed by atoms with Crippen molar-refractivity contribution in [1.82, 2.24) is 10.1 Å². The lowest BCUT2D eigenvalue weighted by atomic mass is 10.00. The Hall–Kier alpha value is -1.56. The van der Waals surface area contributed by atoms with E-state index in [0.29, 0.717) is 15.2 Å². The molecule has 0 saturated carbocycles. The van der Waals surface area contributed by atoms with E-state index in [1.54, 1.807) is 6.92 Å². The zero-order valence-corrected chi connectivity index (χ0v) is 22.9. The van der Waals surface area contributed by atoms with Crippen molar-refractivity contribution in [2.45, 2.75) is 34.1 Å². The van der Waals surface area contributed by atoms with Gasteiger partial charge < -0.3 is 19.7 Å². The molecule has 2 rings (SSSR count). The summed E-state index contributed by atoms with van der Waals surface area (Å²) in [5.41, 5.74) is 5.62. The molecule has 190 valence electrons. The molecule has 2 aromatic rings. The number of thioether (sulfide) groups is 1. The van der Waals surface area contributed by atoms with Crippen LogP contribution < -0.4 is 20.1 Å². The van der Waals surface area contributed by atoms with Gasteiger partial charge >= 0.3 is 13.7 Å². The summed E-state index contributed by atoms with van der Waals surface area (Å²) in [6.07, 6.45) is -0.0508. The normalized spacial score (nSPS) is 13.5. The molecule has 0 bridgehead atoms. The molecule has 14 heteroatoms. The fraction of sp³-hybridized carbons (Fsp3) is 0.550. The van der Waals surface area contributed by atoms with Gasteiger partial charge in [0.15, 0.2) is 16.0 Å². The third kappa shape index (κ3) is 8.00. The quantitative estimate of drug-likeness (QED) is 0.211. The number of rotatable bonds is 12. The zero-order chi connectivity index (χ0) is 25.5. The molecule has 0 amide bonds. The van der Waals surface area contributed by atoms with Crippen LogP contribution in [-0.2, 0) is 23.4 Å². The molecule has 0 saturated heterocycles. The van der Waals surface area contributed by atoms with Gasteiger partial charge in [-0.2, -0.15) is 0 Å². The van der Waals surface area contributed by atoms with Gasteiger partial charge in [-0.3, -0.25) is 14.1 Å². The number of nitrogens with two attached hydrogens (primary N) is 1.